The average Bonchev–Trinajstić information content (AvgIpc) is 3.01. The third kappa shape index (κ3) is 0.986. The molecule has 0 bridgehead atoms. The van der Waals surface area contributed by atoms with Crippen molar-refractivity contribution in [3.8, 4) is 6.07 Å². The third-order valence-electron chi connectivity index (χ3n) is 4.32. The van der Waals surface area contributed by atoms with Crippen molar-refractivity contribution in [3.05, 3.63) is 28.8 Å². The quantitative estimate of drug-likeness (QED) is 0.679. The van der Waals surface area contributed by atoms with E-state index in [0.29, 0.717) is 6.42 Å². The van der Waals surface area contributed by atoms with E-state index in [2.05, 4.69) is 12.1 Å². The van der Waals surface area contributed by atoms with Crippen LogP contribution in [0.1, 0.15) is 23.1 Å². The number of hydrogen-bond donors (Lipinski definition) is 0. The van der Waals surface area contributed by atoms with Crippen LogP contribution in [0.15, 0.2) is 12.1 Å². The molecule has 3 nitrogen and oxygen atoms in total. The Labute approximate surface area is 101 Å². The van der Waals surface area contributed by atoms with Gasteiger partial charge in [-0.25, -0.2) is 0 Å². The summed E-state index contributed by atoms with van der Waals surface area (Å²) in [5.74, 6) is -0.0476. The SMILES string of the molecule is Cc1ccc2c(c1C)N(C)C(=O)C21CC1C#N. The minimum Gasteiger partial charge on any atom is -0.314 e. The summed E-state index contributed by atoms with van der Waals surface area (Å²) in [5, 5.41) is 9.06. The van der Waals surface area contributed by atoms with E-state index in [9.17, 15) is 4.79 Å². The van der Waals surface area contributed by atoms with Gasteiger partial charge in [0.2, 0.25) is 5.91 Å². The van der Waals surface area contributed by atoms with E-state index in [-0.39, 0.29) is 11.8 Å². The Morgan fingerprint density at radius 2 is 2.18 bits per heavy atom. The number of nitrogens with zero attached hydrogens (tertiary/aromatic N) is 2. The summed E-state index contributed by atoms with van der Waals surface area (Å²) in [7, 11) is 1.81. The van der Waals surface area contributed by atoms with E-state index in [1.807, 2.05) is 27.0 Å². The van der Waals surface area contributed by atoms with Crippen LogP contribution in [-0.2, 0) is 10.2 Å². The Bertz CT molecular complexity index is 585. The average molecular weight is 226 g/mol. The van der Waals surface area contributed by atoms with Crippen molar-refractivity contribution in [2.24, 2.45) is 5.92 Å². The van der Waals surface area contributed by atoms with Crippen molar-refractivity contribution >= 4 is 11.6 Å². The number of carbonyl (C=O) groups is 1. The number of likely N-dealkylation sites (N-methyl/N-ethyl adjacent to an activating group) is 1. The first kappa shape index (κ1) is 10.3. The summed E-state index contributed by atoms with van der Waals surface area (Å²) < 4.78 is 0. The van der Waals surface area contributed by atoms with Gasteiger partial charge in [0.05, 0.1) is 23.1 Å². The van der Waals surface area contributed by atoms with Crippen LogP contribution in [0, 0.1) is 31.1 Å². The standard InChI is InChI=1S/C14H14N2O/c1-8-4-5-11-12(9(8)2)16(3)13(17)14(11)6-10(14)7-15/h4-5,10H,6H2,1-3H3. The second-order valence-corrected chi connectivity index (χ2v) is 5.12. The molecule has 1 saturated carbocycles. The molecule has 0 saturated heterocycles. The Morgan fingerprint density at radius 1 is 1.47 bits per heavy atom. The highest BCUT2D eigenvalue weighted by Gasteiger charge is 2.67. The van der Waals surface area contributed by atoms with Gasteiger partial charge >= 0.3 is 0 Å². The summed E-state index contributed by atoms with van der Waals surface area (Å²) in [6.07, 6.45) is 0.683. The van der Waals surface area contributed by atoms with Crippen LogP contribution in [0.5, 0.6) is 0 Å². The normalized spacial score (nSPS) is 29.4. The number of anilines is 1. The predicted molar refractivity (Wildman–Crippen MR) is 64.7 cm³/mol. The van der Waals surface area contributed by atoms with Crippen molar-refractivity contribution in [1.29, 1.82) is 5.26 Å². The Balaban J connectivity index is 2.27. The molecule has 2 atom stereocenters. The van der Waals surface area contributed by atoms with E-state index in [1.54, 1.807) is 4.90 Å². The Morgan fingerprint density at radius 3 is 2.76 bits per heavy atom. The zero-order valence-electron chi connectivity index (χ0n) is 10.2. The molecule has 1 amide bonds. The van der Waals surface area contributed by atoms with Gasteiger partial charge in [0.15, 0.2) is 0 Å². The second-order valence-electron chi connectivity index (χ2n) is 5.12. The number of fused-ring (bicyclic) bond motifs is 2. The van der Waals surface area contributed by atoms with E-state index in [0.717, 1.165) is 16.8 Å². The van der Waals surface area contributed by atoms with Gasteiger partial charge in [0.25, 0.3) is 0 Å². The van der Waals surface area contributed by atoms with Gasteiger partial charge in [0, 0.05) is 7.05 Å². The highest BCUT2D eigenvalue weighted by Crippen LogP contribution is 2.61. The molecule has 3 heteroatoms. The predicted octanol–water partition coefficient (Wildman–Crippen LogP) is 2.06. The molecular weight excluding hydrogens is 212 g/mol. The molecule has 1 aliphatic heterocycles. The summed E-state index contributed by atoms with van der Waals surface area (Å²) in [4.78, 5) is 14.1. The maximum absolute atomic E-state index is 12.4. The molecule has 0 N–H and O–H groups in total. The first-order valence-electron chi connectivity index (χ1n) is 5.82. The highest BCUT2D eigenvalue weighted by molar-refractivity contribution is 6.11. The molecule has 0 aromatic heterocycles. The van der Waals surface area contributed by atoms with Gasteiger partial charge in [-0.15, -0.1) is 0 Å². The molecular formula is C14H14N2O. The zero-order chi connectivity index (χ0) is 12.4. The van der Waals surface area contributed by atoms with E-state index < -0.39 is 5.41 Å². The molecule has 1 spiro atoms. The number of hydrogen-bond acceptors (Lipinski definition) is 2. The fraction of sp³-hybridized carbons (Fsp3) is 0.429. The first-order chi connectivity index (χ1) is 8.04. The lowest BCUT2D eigenvalue weighted by Crippen LogP contribution is -2.29. The molecule has 2 aliphatic rings. The molecule has 86 valence electrons. The van der Waals surface area contributed by atoms with Crippen LogP contribution in [-0.4, -0.2) is 13.0 Å². The van der Waals surface area contributed by atoms with Crippen molar-refractivity contribution < 1.29 is 4.79 Å². The fourth-order valence-electron chi connectivity index (χ4n) is 3.06. The van der Waals surface area contributed by atoms with E-state index in [4.69, 9.17) is 5.26 Å². The minimum absolute atomic E-state index is 0.0905. The van der Waals surface area contributed by atoms with Gasteiger partial charge in [-0.05, 0) is 37.0 Å². The number of aryl methyl sites for hydroxylation is 1. The van der Waals surface area contributed by atoms with Crippen molar-refractivity contribution in [2.45, 2.75) is 25.7 Å². The van der Waals surface area contributed by atoms with Crippen molar-refractivity contribution in [3.63, 3.8) is 0 Å². The number of benzene rings is 1. The molecule has 1 aromatic carbocycles. The molecule has 1 fully saturated rings. The maximum Gasteiger partial charge on any atom is 0.238 e. The topological polar surface area (TPSA) is 44.1 Å². The second kappa shape index (κ2) is 2.89. The van der Waals surface area contributed by atoms with Crippen LogP contribution in [0.4, 0.5) is 5.69 Å². The smallest absolute Gasteiger partial charge is 0.238 e. The monoisotopic (exact) mass is 226 g/mol. The highest BCUT2D eigenvalue weighted by atomic mass is 16.2. The van der Waals surface area contributed by atoms with Crippen LogP contribution >= 0.6 is 0 Å². The largest absolute Gasteiger partial charge is 0.314 e. The molecule has 17 heavy (non-hydrogen) atoms. The summed E-state index contributed by atoms with van der Waals surface area (Å²) in [6, 6.07) is 6.33. The van der Waals surface area contributed by atoms with Gasteiger partial charge < -0.3 is 4.90 Å². The van der Waals surface area contributed by atoms with E-state index in [1.165, 1.54) is 5.56 Å². The van der Waals surface area contributed by atoms with Crippen LogP contribution in [0.3, 0.4) is 0 Å². The van der Waals surface area contributed by atoms with Crippen LogP contribution in [0.25, 0.3) is 0 Å². The van der Waals surface area contributed by atoms with Crippen LogP contribution < -0.4 is 4.90 Å². The van der Waals surface area contributed by atoms with Crippen LogP contribution in [0.2, 0.25) is 0 Å². The molecule has 1 heterocycles. The fourth-order valence-corrected chi connectivity index (χ4v) is 3.06. The van der Waals surface area contributed by atoms with Crippen molar-refractivity contribution in [1.82, 2.24) is 0 Å². The summed E-state index contributed by atoms with van der Waals surface area (Å²) >= 11 is 0. The molecule has 1 aromatic rings. The zero-order valence-corrected chi connectivity index (χ0v) is 10.2. The molecule has 2 unspecified atom stereocenters. The lowest BCUT2D eigenvalue weighted by Gasteiger charge is -2.14. The molecule has 1 aliphatic carbocycles. The van der Waals surface area contributed by atoms with Gasteiger partial charge in [-0.3, -0.25) is 4.79 Å². The molecule has 3 rings (SSSR count). The Hall–Kier alpha value is -1.82. The van der Waals surface area contributed by atoms with E-state index >= 15 is 0 Å². The number of amides is 1. The number of nitriles is 1. The first-order valence-corrected chi connectivity index (χ1v) is 5.82. The maximum atomic E-state index is 12.4. The van der Waals surface area contributed by atoms with Gasteiger partial charge in [0.1, 0.15) is 0 Å². The summed E-state index contributed by atoms with van der Waals surface area (Å²) in [6.45, 7) is 4.09. The van der Waals surface area contributed by atoms with Crippen molar-refractivity contribution in [2.75, 3.05) is 11.9 Å². The Kier molecular flexibility index (Phi) is 1.76. The summed E-state index contributed by atoms with van der Waals surface area (Å²) in [5.41, 5.74) is 3.90. The minimum atomic E-state index is -0.517. The van der Waals surface area contributed by atoms with Gasteiger partial charge in [-0.2, -0.15) is 5.26 Å². The lowest BCUT2D eigenvalue weighted by atomic mass is 9.92. The number of rotatable bonds is 0. The van der Waals surface area contributed by atoms with Gasteiger partial charge in [-0.1, -0.05) is 12.1 Å². The molecule has 0 radical (unpaired) electrons. The lowest BCUT2D eigenvalue weighted by molar-refractivity contribution is -0.120. The number of carbonyl (C=O) groups excluding carboxylic acids is 1. The third-order valence-corrected chi connectivity index (χ3v) is 4.32.